The quantitative estimate of drug-likeness (QED) is 0.204. The van der Waals surface area contributed by atoms with Crippen LogP contribution in [-0.2, 0) is 22.9 Å². The second-order valence-corrected chi connectivity index (χ2v) is 17.4. The third-order valence-electron chi connectivity index (χ3n) is 9.98. The third-order valence-corrected chi connectivity index (χ3v) is 13.2. The van der Waals surface area contributed by atoms with E-state index in [9.17, 15) is 23.4 Å². The Balaban J connectivity index is 1.58. The summed E-state index contributed by atoms with van der Waals surface area (Å²) in [5, 5.41) is 25.4. The number of fused-ring (bicyclic) bond motifs is 8. The summed E-state index contributed by atoms with van der Waals surface area (Å²) >= 11 is 3.08. The second-order valence-electron chi connectivity index (χ2n) is 13.1. The number of aryl methyl sites for hydroxylation is 1. The number of aliphatic hydroxyl groups is 2. The van der Waals surface area contributed by atoms with Crippen LogP contribution in [0.15, 0.2) is 59.5 Å². The monoisotopic (exact) mass is 655 g/mol. The van der Waals surface area contributed by atoms with E-state index in [2.05, 4.69) is 19.9 Å². The van der Waals surface area contributed by atoms with E-state index in [0.29, 0.717) is 55.5 Å². The molecule has 2 bridgehead atoms. The van der Waals surface area contributed by atoms with Crippen molar-refractivity contribution in [3.05, 3.63) is 90.8 Å². The van der Waals surface area contributed by atoms with Crippen molar-refractivity contribution in [2.75, 3.05) is 19.3 Å². The number of allylic oxidation sites excluding steroid dienone is 2. The fourth-order valence-electron chi connectivity index (χ4n) is 7.23. The van der Waals surface area contributed by atoms with Crippen LogP contribution in [-0.4, -0.2) is 59.8 Å². The zero-order valence-corrected chi connectivity index (χ0v) is 28.7. The number of benzene rings is 1. The Bertz CT molecular complexity index is 1610. The molecule has 0 radical (unpaired) electrons. The number of aliphatic hydroxyl groups excluding tert-OH is 1. The highest BCUT2D eigenvalue weighted by Crippen LogP contribution is 2.59. The lowest BCUT2D eigenvalue weighted by Gasteiger charge is -2.45. The number of nitrogens with zero attached hydrogens (tertiary/aromatic N) is 1. The molecule has 3 aliphatic rings. The first-order valence-electron chi connectivity index (χ1n) is 15.6. The maximum absolute atomic E-state index is 14.1. The number of sulfonamides is 1. The molecule has 4 atom stereocenters. The average molecular weight is 656 g/mol. The number of thiophene rings is 2. The predicted molar refractivity (Wildman–Crippen MR) is 180 cm³/mol. The van der Waals surface area contributed by atoms with Crippen LogP contribution in [0.4, 0.5) is 0 Å². The van der Waals surface area contributed by atoms with Gasteiger partial charge < -0.3 is 10.2 Å². The molecule has 1 fully saturated rings. The molecule has 3 aromatic rings. The molecule has 2 heterocycles. The lowest BCUT2D eigenvalue weighted by Crippen LogP contribution is -2.54. The van der Waals surface area contributed by atoms with Gasteiger partial charge in [-0.2, -0.15) is 4.31 Å². The Morgan fingerprint density at radius 3 is 2.59 bits per heavy atom. The van der Waals surface area contributed by atoms with Gasteiger partial charge in [0.1, 0.15) is 0 Å². The van der Waals surface area contributed by atoms with Crippen LogP contribution in [0.5, 0.6) is 0 Å². The molecule has 1 saturated carbocycles. The number of carbonyl (C=O) groups is 1. The summed E-state index contributed by atoms with van der Waals surface area (Å²) < 4.78 is 27.6. The normalized spacial score (nSPS) is 26.4. The fraction of sp³-hybridized carbons (Fsp3) is 0.514. The van der Waals surface area contributed by atoms with Gasteiger partial charge in [0.25, 0.3) is 0 Å². The summed E-state index contributed by atoms with van der Waals surface area (Å²) in [7, 11) is -3.59. The van der Waals surface area contributed by atoms with Gasteiger partial charge in [0.2, 0.25) is 15.8 Å². The van der Waals surface area contributed by atoms with Gasteiger partial charge in [0.05, 0.1) is 22.8 Å². The maximum atomic E-state index is 14.1. The molecule has 3 aliphatic carbocycles. The lowest BCUT2D eigenvalue weighted by molar-refractivity contribution is -0.0722. The predicted octanol–water partition coefficient (Wildman–Crippen LogP) is 6.89. The van der Waals surface area contributed by atoms with Gasteiger partial charge in [-0.15, -0.1) is 22.7 Å². The van der Waals surface area contributed by atoms with Crippen molar-refractivity contribution in [1.29, 1.82) is 0 Å². The van der Waals surface area contributed by atoms with Crippen LogP contribution < -0.4 is 0 Å². The molecule has 2 aromatic heterocycles. The third kappa shape index (κ3) is 7.13. The molecule has 0 spiro atoms. The highest BCUT2D eigenvalue weighted by Gasteiger charge is 2.57. The van der Waals surface area contributed by atoms with Crippen molar-refractivity contribution in [2.24, 2.45) is 5.41 Å². The first kappa shape index (κ1) is 33.2. The number of rotatable bonds is 8. The largest absolute Gasteiger partial charge is 0.393 e. The van der Waals surface area contributed by atoms with Crippen LogP contribution in [0.1, 0.15) is 94.4 Å². The van der Waals surface area contributed by atoms with E-state index in [1.54, 1.807) is 11.3 Å². The summed E-state index contributed by atoms with van der Waals surface area (Å²) in [6, 6.07) is 13.8. The first-order valence-corrected chi connectivity index (χ1v) is 19.1. The minimum Gasteiger partial charge on any atom is -0.393 e. The molecule has 0 saturated heterocycles. The van der Waals surface area contributed by atoms with Crippen molar-refractivity contribution in [1.82, 2.24) is 4.31 Å². The van der Waals surface area contributed by atoms with E-state index < -0.39 is 27.1 Å². The summed E-state index contributed by atoms with van der Waals surface area (Å²) in [5.41, 5.74) is 1.67. The van der Waals surface area contributed by atoms with E-state index in [4.69, 9.17) is 0 Å². The SMILES string of the molecule is CC1=CCC[C@@]2(C)[C@@H](CC[C@@]2(O)CN(CCc2cccs2)S(C)(=O)=O)c2ccc(cc2C(=O)c2ccc(C)s2)C[C@@H](O)CC1. The Morgan fingerprint density at radius 2 is 1.91 bits per heavy atom. The zero-order chi connectivity index (χ0) is 31.7. The van der Waals surface area contributed by atoms with E-state index in [1.165, 1.54) is 27.5 Å². The molecule has 0 aliphatic heterocycles. The summed E-state index contributed by atoms with van der Waals surface area (Å²) in [4.78, 5) is 16.9. The van der Waals surface area contributed by atoms with Gasteiger partial charge in [-0.1, -0.05) is 36.8 Å². The molecule has 2 N–H and O–H groups in total. The zero-order valence-electron chi connectivity index (χ0n) is 26.2. The van der Waals surface area contributed by atoms with Crippen LogP contribution in [0.25, 0.3) is 0 Å². The Kier molecular flexibility index (Phi) is 10.0. The number of hydrogen-bond acceptors (Lipinski definition) is 7. The van der Waals surface area contributed by atoms with Gasteiger partial charge in [-0.25, -0.2) is 8.42 Å². The molecule has 44 heavy (non-hydrogen) atoms. The van der Waals surface area contributed by atoms with Crippen molar-refractivity contribution < 1.29 is 23.4 Å². The van der Waals surface area contributed by atoms with Crippen LogP contribution in [0.3, 0.4) is 0 Å². The molecule has 0 unspecified atom stereocenters. The van der Waals surface area contributed by atoms with Gasteiger partial charge in [0.15, 0.2) is 0 Å². The average Bonchev–Trinajstić information content (AvgIpc) is 3.70. The van der Waals surface area contributed by atoms with Crippen LogP contribution >= 0.6 is 22.7 Å². The summed E-state index contributed by atoms with van der Waals surface area (Å²) in [5.74, 6) is -0.189. The van der Waals surface area contributed by atoms with Gasteiger partial charge in [-0.05, 0) is 112 Å². The second kappa shape index (κ2) is 13.3. The van der Waals surface area contributed by atoms with Crippen molar-refractivity contribution in [3.8, 4) is 0 Å². The maximum Gasteiger partial charge on any atom is 0.211 e. The molecule has 9 heteroatoms. The highest BCUT2D eigenvalue weighted by atomic mass is 32.2. The minimum atomic E-state index is -3.59. The van der Waals surface area contributed by atoms with E-state index in [-0.39, 0.29) is 18.2 Å². The summed E-state index contributed by atoms with van der Waals surface area (Å²) in [6.07, 6.45) is 7.84. The Labute approximate surface area is 270 Å². The molecule has 6 rings (SSSR count). The van der Waals surface area contributed by atoms with Gasteiger partial charge in [0, 0.05) is 33.8 Å². The molecule has 1 aromatic carbocycles. The summed E-state index contributed by atoms with van der Waals surface area (Å²) in [6.45, 7) is 6.50. The van der Waals surface area contributed by atoms with E-state index in [0.717, 1.165) is 33.7 Å². The number of hydrogen-bond donors (Lipinski definition) is 2. The Hall–Kier alpha value is -2.14. The van der Waals surface area contributed by atoms with E-state index >= 15 is 0 Å². The smallest absolute Gasteiger partial charge is 0.211 e. The molecular formula is C35H45NO5S3. The van der Waals surface area contributed by atoms with Crippen LogP contribution in [0.2, 0.25) is 0 Å². The lowest BCUT2D eigenvalue weighted by atomic mass is 9.65. The van der Waals surface area contributed by atoms with Gasteiger partial charge in [-0.3, -0.25) is 4.79 Å². The van der Waals surface area contributed by atoms with E-state index in [1.807, 2.05) is 54.8 Å². The van der Waals surface area contributed by atoms with Crippen molar-refractivity contribution in [2.45, 2.75) is 89.8 Å². The first-order chi connectivity index (χ1) is 20.8. The standard InChI is InChI=1S/C35H45NO5S3/c1-24-7-5-17-34(3)31(15-18-35(34,39)23-36(44(4,40)41)19-16-28-8-6-20-42-28)29-13-11-26(21-27(37)12-9-24)22-30(29)33(38)32-14-10-25(2)43-32/h6-8,10-11,13-14,20,22,27,31,37,39H,5,9,12,15-19,21,23H2,1-4H3/t27-,31-,34-,35+/m0/s1. The molecular weight excluding hydrogens is 611 g/mol. The number of carbonyl (C=O) groups excluding carboxylic acids is 1. The topological polar surface area (TPSA) is 94.9 Å². The number of ketones is 1. The molecule has 238 valence electrons. The van der Waals surface area contributed by atoms with Crippen molar-refractivity contribution in [3.63, 3.8) is 0 Å². The molecule has 0 amide bonds. The van der Waals surface area contributed by atoms with Crippen molar-refractivity contribution >= 4 is 38.5 Å². The molecule has 6 nitrogen and oxygen atoms in total. The fourth-order valence-corrected chi connectivity index (χ4v) is 9.62. The van der Waals surface area contributed by atoms with Crippen LogP contribution in [0, 0.1) is 12.3 Å². The highest BCUT2D eigenvalue weighted by molar-refractivity contribution is 7.88. The Morgan fingerprint density at radius 1 is 1.11 bits per heavy atom. The van der Waals surface area contributed by atoms with Gasteiger partial charge >= 0.3 is 0 Å². The minimum absolute atomic E-state index is 0.0184.